The molecule has 0 unspecified atom stereocenters. The number of hydrogen-bond donors (Lipinski definition) is 1. The van der Waals surface area contributed by atoms with Crippen LogP contribution in [0.15, 0.2) is 127 Å². The largest absolute Gasteiger partial charge is 0.501 e. The molecule has 0 bridgehead atoms. The lowest BCUT2D eigenvalue weighted by molar-refractivity contribution is 0.201. The molecule has 2 radical (unpaired) electrons. The van der Waals surface area contributed by atoms with Crippen molar-refractivity contribution in [2.75, 3.05) is 24.6 Å². The van der Waals surface area contributed by atoms with E-state index < -0.39 is 7.12 Å². The van der Waals surface area contributed by atoms with Crippen molar-refractivity contribution >= 4 is 79.2 Å². The number of fused-ring (bicyclic) bond motifs is 3. The minimum absolute atomic E-state index is 0. The molecule has 20 nitrogen and oxygen atoms in total. The summed E-state index contributed by atoms with van der Waals surface area (Å²) in [5.41, 5.74) is 10.1. The van der Waals surface area contributed by atoms with Crippen molar-refractivity contribution in [1.82, 2.24) is 15.0 Å². The second-order valence-electron chi connectivity index (χ2n) is 23.5. The van der Waals surface area contributed by atoms with Gasteiger partial charge in [0.25, 0.3) is 0 Å². The Hall–Kier alpha value is -10.0. The monoisotopic (exact) mass is 1280 g/mol. The maximum absolute atomic E-state index is 9.67. The molecule has 3 N–H and O–H groups in total. The fourth-order valence-corrected chi connectivity index (χ4v) is 11.9. The van der Waals surface area contributed by atoms with Gasteiger partial charge in [-0.15, -0.1) is 0 Å². The topological polar surface area (TPSA) is 203 Å². The van der Waals surface area contributed by atoms with Crippen molar-refractivity contribution in [2.45, 2.75) is 130 Å². The lowest BCUT2D eigenvalue weighted by atomic mass is 9.64. The van der Waals surface area contributed by atoms with E-state index in [1.54, 1.807) is 54.6 Å². The lowest BCUT2D eigenvalue weighted by Gasteiger charge is -2.19. The first kappa shape index (κ1) is 68.8. The van der Waals surface area contributed by atoms with Gasteiger partial charge in [0.1, 0.15) is 48.2 Å². The molecule has 96 heavy (non-hydrogen) atoms. The second kappa shape index (κ2) is 32.9. The first-order valence-electron chi connectivity index (χ1n) is 32.3. The van der Waals surface area contributed by atoms with Gasteiger partial charge < -0.3 is 62.5 Å². The first-order chi connectivity index (χ1) is 46.4. The van der Waals surface area contributed by atoms with E-state index in [0.29, 0.717) is 107 Å². The van der Waals surface area contributed by atoms with Gasteiger partial charge in [0, 0.05) is 19.2 Å². The molecule has 8 aromatic rings. The summed E-state index contributed by atoms with van der Waals surface area (Å²) in [6, 6.07) is 38.5. The highest BCUT2D eigenvalue weighted by Gasteiger charge is 2.29. The van der Waals surface area contributed by atoms with E-state index in [1.165, 1.54) is 29.3 Å². The van der Waals surface area contributed by atoms with Gasteiger partial charge in [-0.2, -0.15) is 9.97 Å². The highest BCUT2D eigenvalue weighted by atomic mass is 16.5. The van der Waals surface area contributed by atoms with Gasteiger partial charge in [0.2, 0.25) is 52.1 Å². The van der Waals surface area contributed by atoms with E-state index in [2.05, 4.69) is 59.0 Å². The van der Waals surface area contributed by atoms with E-state index in [-0.39, 0.29) is 31.5 Å². The summed E-state index contributed by atoms with van der Waals surface area (Å²) in [6.45, 7) is 41.2. The van der Waals surface area contributed by atoms with Crippen LogP contribution >= 0.6 is 0 Å². The van der Waals surface area contributed by atoms with Crippen molar-refractivity contribution in [1.29, 1.82) is 0 Å². The molecule has 5 aromatic carbocycles. The number of aromatic nitrogens is 3. The molecule has 24 heteroatoms. The van der Waals surface area contributed by atoms with Crippen LogP contribution in [0.2, 0.25) is 13.6 Å². The van der Waals surface area contributed by atoms with Crippen molar-refractivity contribution < 1.29 is 57.6 Å². The number of rotatable bonds is 16. The van der Waals surface area contributed by atoms with E-state index in [0.717, 1.165) is 110 Å². The van der Waals surface area contributed by atoms with Crippen molar-refractivity contribution in [3.63, 3.8) is 0 Å². The van der Waals surface area contributed by atoms with Crippen LogP contribution in [0.1, 0.15) is 100 Å². The summed E-state index contributed by atoms with van der Waals surface area (Å²) in [6.07, 6.45) is 12.3. The van der Waals surface area contributed by atoms with Crippen LogP contribution in [0.25, 0.3) is 19.4 Å². The Balaban J connectivity index is 0.000000139. The molecule has 2 saturated carbocycles. The van der Waals surface area contributed by atoms with E-state index in [1.807, 2.05) is 80.5 Å². The SMILES string of the molecule is O.[B]c1ccc(Oc2ccc([N+]#[C-])c(N3CCCC3)n2)cc1CC.[C-]#[N+]c1ccc(Oc2ccc3c(c2)COB3C)cc1OC1CCCC1.[C-]#[N+]c1ccc(Oc2ccc3c(c2)COB3C)nc1OCC.[C-]#[N+]c1ccc(Oc2ccc3c(c2)COB3O)nc1OC1CCCC1. The highest BCUT2D eigenvalue weighted by molar-refractivity contribution is 6.68. The molecule has 6 aliphatic rings. The predicted octanol–water partition coefficient (Wildman–Crippen LogP) is 13.4. The summed E-state index contributed by atoms with van der Waals surface area (Å²) in [5, 5.41) is 9.67. The quantitative estimate of drug-likeness (QED) is 0.0706. The van der Waals surface area contributed by atoms with Crippen molar-refractivity contribution in [2.24, 2.45) is 0 Å². The molecule has 3 aromatic heterocycles. The van der Waals surface area contributed by atoms with Crippen LogP contribution in [0.5, 0.6) is 63.9 Å². The van der Waals surface area contributed by atoms with Gasteiger partial charge >= 0.3 is 20.9 Å². The van der Waals surface area contributed by atoms with Gasteiger partial charge in [-0.1, -0.05) is 55.9 Å². The Labute approximate surface area is 563 Å². The maximum atomic E-state index is 9.67. The average molecular weight is 1280 g/mol. The molecule has 1 saturated heterocycles. The summed E-state index contributed by atoms with van der Waals surface area (Å²) in [4.78, 5) is 29.3. The molecule has 0 amide bonds. The molecule has 3 fully saturated rings. The fourth-order valence-electron chi connectivity index (χ4n) is 11.9. The number of anilines is 1. The zero-order valence-electron chi connectivity index (χ0n) is 54.2. The minimum atomic E-state index is -0.869. The molecule has 14 rings (SSSR count). The molecule has 4 aliphatic heterocycles. The number of ether oxygens (including phenoxy) is 7. The Morgan fingerprint density at radius 2 is 0.958 bits per heavy atom. The van der Waals surface area contributed by atoms with Crippen LogP contribution in [0.4, 0.5) is 28.6 Å². The van der Waals surface area contributed by atoms with Gasteiger partial charge in [0.15, 0.2) is 0 Å². The number of aryl methyl sites for hydroxylation is 1. The number of nitrogens with zero attached hydrogens (tertiary/aromatic N) is 8. The zero-order chi connectivity index (χ0) is 66.2. The molecule has 0 atom stereocenters. The molecular formula is C72H72B4N8O12. The molecule has 7 heterocycles. The average Bonchev–Trinajstić information content (AvgIpc) is 1.89. The predicted molar refractivity (Wildman–Crippen MR) is 372 cm³/mol. The van der Waals surface area contributed by atoms with Crippen LogP contribution in [0.3, 0.4) is 0 Å². The van der Waals surface area contributed by atoms with E-state index in [9.17, 15) is 5.02 Å². The number of pyridine rings is 3. The van der Waals surface area contributed by atoms with Crippen molar-refractivity contribution in [3.05, 3.63) is 195 Å². The minimum Gasteiger partial charge on any atom is -0.501 e. The van der Waals surface area contributed by atoms with Crippen LogP contribution in [-0.2, 0) is 40.2 Å². The summed E-state index contributed by atoms with van der Waals surface area (Å²) < 4.78 is 57.2. The third kappa shape index (κ3) is 17.3. The Morgan fingerprint density at radius 1 is 0.510 bits per heavy atom. The third-order valence-electron chi connectivity index (χ3n) is 17.0. The van der Waals surface area contributed by atoms with Crippen LogP contribution < -0.4 is 59.9 Å². The second-order valence-corrected chi connectivity index (χ2v) is 23.5. The Kier molecular flexibility index (Phi) is 23.6. The highest BCUT2D eigenvalue weighted by Crippen LogP contribution is 2.39. The molecule has 484 valence electrons. The summed E-state index contributed by atoms with van der Waals surface area (Å²) in [5.74, 6) is 6.74. The van der Waals surface area contributed by atoms with Crippen LogP contribution in [0, 0.1) is 26.3 Å². The maximum Gasteiger partial charge on any atom is 0.491 e. The molecule has 0 spiro atoms. The zero-order valence-corrected chi connectivity index (χ0v) is 54.2. The first-order valence-corrected chi connectivity index (χ1v) is 32.3. The summed E-state index contributed by atoms with van der Waals surface area (Å²) >= 11 is 0. The van der Waals surface area contributed by atoms with E-state index >= 15 is 0 Å². The van der Waals surface area contributed by atoms with Gasteiger partial charge in [-0.05, 0) is 208 Å². The fraction of sp³-hybridized carbons (Fsp3) is 0.319. The smallest absolute Gasteiger partial charge is 0.491 e. The molecular weight excluding hydrogens is 1210 g/mol. The molecule has 2 aliphatic carbocycles. The van der Waals surface area contributed by atoms with Crippen molar-refractivity contribution in [3.8, 4) is 63.9 Å². The van der Waals surface area contributed by atoms with Gasteiger partial charge in [0.05, 0.1) is 64.9 Å². The van der Waals surface area contributed by atoms with Gasteiger partial charge in [-0.3, -0.25) is 0 Å². The normalized spacial score (nSPS) is 14.8. The summed E-state index contributed by atoms with van der Waals surface area (Å²) in [7, 11) is 5.06. The number of benzene rings is 5. The lowest BCUT2D eigenvalue weighted by Crippen LogP contribution is -2.27. The van der Waals surface area contributed by atoms with Crippen LogP contribution in [-0.4, -0.2) is 86.2 Å². The van der Waals surface area contributed by atoms with Gasteiger partial charge in [-0.25, -0.2) is 24.4 Å². The van der Waals surface area contributed by atoms with E-state index in [4.69, 9.17) is 81.3 Å². The standard InChI is InChI=1S/C20H20BNO3.C18H18BN3O.C18H17BN2O4.C16H15BN2O3.H2O/c1-21-18-9-7-16(11-14(18)13-23-21)24-17-8-10-19(22-2)20(12-17)25-15-5-3-4-6-15;1-3-13-12-14(6-7-15(13)19)23-17-9-8-16(20-2)18(21-17)22-10-4-5-11-22;1-20-16-8-9-17(21-18(16)25-13-4-2-3-5-13)24-14-6-7-15-12(10-14)11-23-19(15)22;1-4-20-16-14(18-3)7-8-15(19-16)22-12-5-6-13-11(9-12)10-21-17(13)2;/h7-12,15H,3-6,13H2,1H3;6-9,12H,3-5,10-11H2,1H3;6-10,13,22H,2-5,11H2;5-9H,4,10H2,1-2H3;1H2. The third-order valence-corrected chi connectivity index (χ3v) is 17.0. The Morgan fingerprint density at radius 3 is 1.52 bits per heavy atom. The Bertz CT molecular complexity index is 4080. The number of hydrogen-bond acceptors (Lipinski definition) is 15.